The van der Waals surface area contributed by atoms with Crippen LogP contribution >= 0.6 is 47.8 Å². The third-order valence-electron chi connectivity index (χ3n) is 3.13. The van der Waals surface area contributed by atoms with E-state index in [0.29, 0.717) is 12.0 Å². The summed E-state index contributed by atoms with van der Waals surface area (Å²) >= 11 is 10.0. The molecule has 23 heavy (non-hydrogen) atoms. The summed E-state index contributed by atoms with van der Waals surface area (Å²) in [6.07, 6.45) is 0.337. The molecule has 1 atom stereocenters. The highest BCUT2D eigenvalue weighted by molar-refractivity contribution is 9.11. The minimum absolute atomic E-state index is 0.337. The van der Waals surface area contributed by atoms with Crippen LogP contribution in [0.2, 0.25) is 0 Å². The molecule has 2 aromatic rings. The fourth-order valence-electron chi connectivity index (χ4n) is 2.01. The van der Waals surface area contributed by atoms with E-state index in [9.17, 15) is 9.59 Å². The van der Waals surface area contributed by atoms with Crippen LogP contribution in [0.25, 0.3) is 0 Å². The van der Waals surface area contributed by atoms with Crippen LogP contribution in [0.15, 0.2) is 55.9 Å². The highest BCUT2D eigenvalue weighted by Crippen LogP contribution is 2.20. The largest absolute Gasteiger partial charge is 0.368 e. The molecule has 120 valence electrons. The van der Waals surface area contributed by atoms with Gasteiger partial charge in [0.2, 0.25) is 5.91 Å². The molecule has 0 aromatic heterocycles. The summed E-state index contributed by atoms with van der Waals surface area (Å²) in [6, 6.07) is 11.9. The first kappa shape index (κ1) is 18.2. The normalized spacial score (nSPS) is 11.8. The highest BCUT2D eigenvalue weighted by Gasteiger charge is 2.20. The van der Waals surface area contributed by atoms with Crippen LogP contribution < -0.4 is 11.1 Å². The third kappa shape index (κ3) is 5.44. The van der Waals surface area contributed by atoms with Gasteiger partial charge in [0.25, 0.3) is 5.91 Å². The Morgan fingerprint density at radius 3 is 2.04 bits per heavy atom. The van der Waals surface area contributed by atoms with Crippen LogP contribution in [0.5, 0.6) is 0 Å². The Morgan fingerprint density at radius 2 is 1.52 bits per heavy atom. The van der Waals surface area contributed by atoms with E-state index in [-0.39, 0.29) is 5.91 Å². The molecule has 2 rings (SSSR count). The van der Waals surface area contributed by atoms with Gasteiger partial charge in [-0.05, 0) is 35.9 Å². The number of nitrogens with one attached hydrogen (secondary N) is 1. The molecule has 3 N–H and O–H groups in total. The van der Waals surface area contributed by atoms with E-state index in [1.807, 2.05) is 30.3 Å². The Bertz CT molecular complexity index is 712. The number of nitrogens with two attached hydrogens (primary N) is 1. The van der Waals surface area contributed by atoms with Gasteiger partial charge in [-0.15, -0.1) is 0 Å². The minimum atomic E-state index is -0.776. The fraction of sp³-hybridized carbons (Fsp3) is 0.125. The maximum atomic E-state index is 12.3. The van der Waals surface area contributed by atoms with E-state index in [1.165, 1.54) is 0 Å². The lowest BCUT2D eigenvalue weighted by Crippen LogP contribution is -2.45. The maximum Gasteiger partial charge on any atom is 0.252 e. The Labute approximate surface area is 159 Å². The van der Waals surface area contributed by atoms with Crippen molar-refractivity contribution in [2.24, 2.45) is 5.73 Å². The van der Waals surface area contributed by atoms with Gasteiger partial charge in [-0.2, -0.15) is 0 Å². The second-order valence-corrected chi connectivity index (χ2v) is 7.66. The van der Waals surface area contributed by atoms with Crippen molar-refractivity contribution < 1.29 is 9.59 Å². The molecule has 0 spiro atoms. The Kier molecular flexibility index (Phi) is 6.38. The summed E-state index contributed by atoms with van der Waals surface area (Å²) in [7, 11) is 0. The first-order valence-corrected chi connectivity index (χ1v) is 9.04. The van der Waals surface area contributed by atoms with Gasteiger partial charge in [0.1, 0.15) is 6.04 Å². The lowest BCUT2D eigenvalue weighted by molar-refractivity contribution is -0.119. The van der Waals surface area contributed by atoms with E-state index in [0.717, 1.165) is 19.0 Å². The maximum absolute atomic E-state index is 12.3. The van der Waals surface area contributed by atoms with Crippen molar-refractivity contribution in [3.8, 4) is 0 Å². The Morgan fingerprint density at radius 1 is 0.957 bits per heavy atom. The average Bonchev–Trinajstić information content (AvgIpc) is 2.47. The van der Waals surface area contributed by atoms with E-state index < -0.39 is 11.9 Å². The van der Waals surface area contributed by atoms with Crippen molar-refractivity contribution in [3.63, 3.8) is 0 Å². The topological polar surface area (TPSA) is 72.2 Å². The zero-order valence-corrected chi connectivity index (χ0v) is 16.6. The van der Waals surface area contributed by atoms with Crippen LogP contribution in [0.4, 0.5) is 0 Å². The van der Waals surface area contributed by atoms with Gasteiger partial charge < -0.3 is 11.1 Å². The molecule has 0 saturated heterocycles. The number of hydrogen-bond donors (Lipinski definition) is 2. The summed E-state index contributed by atoms with van der Waals surface area (Å²) in [5, 5.41) is 2.68. The van der Waals surface area contributed by atoms with Gasteiger partial charge in [-0.25, -0.2) is 0 Å². The summed E-state index contributed by atoms with van der Waals surface area (Å²) in [5.41, 5.74) is 6.77. The molecular weight excluding hydrogens is 492 g/mol. The lowest BCUT2D eigenvalue weighted by atomic mass is 10.0. The molecule has 0 aliphatic rings. The van der Waals surface area contributed by atoms with Crippen LogP contribution in [0.3, 0.4) is 0 Å². The standard InChI is InChI=1S/C16H13Br3N2O2/c17-11-3-1-9(2-4-11)5-14(15(20)22)21-16(23)10-6-12(18)8-13(19)7-10/h1-4,6-8,14H,5H2,(H2,20,22)(H,21,23)/t14-/m1/s1. The molecule has 7 heteroatoms. The van der Waals surface area contributed by atoms with Crippen molar-refractivity contribution in [2.75, 3.05) is 0 Å². The summed E-state index contributed by atoms with van der Waals surface area (Å²) in [6.45, 7) is 0. The van der Waals surface area contributed by atoms with Crippen molar-refractivity contribution in [1.82, 2.24) is 5.32 Å². The van der Waals surface area contributed by atoms with Gasteiger partial charge in [0, 0.05) is 25.4 Å². The molecule has 0 heterocycles. The summed E-state index contributed by atoms with van der Waals surface area (Å²) < 4.78 is 2.47. The molecule has 0 aliphatic carbocycles. The molecule has 0 unspecified atom stereocenters. The van der Waals surface area contributed by atoms with Crippen LogP contribution in [-0.2, 0) is 11.2 Å². The number of rotatable bonds is 5. The van der Waals surface area contributed by atoms with Gasteiger partial charge in [-0.3, -0.25) is 9.59 Å². The second-order valence-electron chi connectivity index (χ2n) is 4.92. The lowest BCUT2D eigenvalue weighted by Gasteiger charge is -2.16. The summed E-state index contributed by atoms with van der Waals surface area (Å²) in [5.74, 6) is -0.928. The number of primary amides is 1. The number of hydrogen-bond acceptors (Lipinski definition) is 2. The van der Waals surface area contributed by atoms with E-state index >= 15 is 0 Å². The van der Waals surface area contributed by atoms with Gasteiger partial charge in [0.15, 0.2) is 0 Å². The van der Waals surface area contributed by atoms with E-state index in [2.05, 4.69) is 53.1 Å². The first-order valence-electron chi connectivity index (χ1n) is 6.66. The Balaban J connectivity index is 2.14. The number of amides is 2. The van der Waals surface area contributed by atoms with E-state index in [4.69, 9.17) is 5.73 Å². The van der Waals surface area contributed by atoms with Crippen LogP contribution in [0, 0.1) is 0 Å². The predicted octanol–water partition coefficient (Wildman–Crippen LogP) is 3.80. The van der Waals surface area contributed by atoms with Crippen molar-refractivity contribution >= 4 is 59.6 Å². The SMILES string of the molecule is NC(=O)[C@@H](Cc1ccc(Br)cc1)NC(=O)c1cc(Br)cc(Br)c1. The quantitative estimate of drug-likeness (QED) is 0.650. The van der Waals surface area contributed by atoms with Gasteiger partial charge in [-0.1, -0.05) is 59.9 Å². The second kappa shape index (κ2) is 8.08. The number of benzene rings is 2. The van der Waals surface area contributed by atoms with Crippen LogP contribution in [-0.4, -0.2) is 17.9 Å². The molecule has 2 aromatic carbocycles. The molecule has 4 nitrogen and oxygen atoms in total. The molecular formula is C16H13Br3N2O2. The van der Waals surface area contributed by atoms with Gasteiger partial charge in [0.05, 0.1) is 0 Å². The number of halogens is 3. The predicted molar refractivity (Wildman–Crippen MR) is 100 cm³/mol. The molecule has 0 bridgehead atoms. The van der Waals surface area contributed by atoms with Crippen molar-refractivity contribution in [2.45, 2.75) is 12.5 Å². The zero-order chi connectivity index (χ0) is 17.0. The summed E-state index contributed by atoms with van der Waals surface area (Å²) in [4.78, 5) is 24.0. The minimum Gasteiger partial charge on any atom is -0.368 e. The number of carbonyl (C=O) groups excluding carboxylic acids is 2. The highest BCUT2D eigenvalue weighted by atomic mass is 79.9. The van der Waals surface area contributed by atoms with Crippen molar-refractivity contribution in [1.29, 1.82) is 0 Å². The molecule has 0 saturated carbocycles. The third-order valence-corrected chi connectivity index (χ3v) is 4.57. The monoisotopic (exact) mass is 502 g/mol. The smallest absolute Gasteiger partial charge is 0.252 e. The number of carbonyl (C=O) groups is 2. The fourth-order valence-corrected chi connectivity index (χ4v) is 3.56. The van der Waals surface area contributed by atoms with E-state index in [1.54, 1.807) is 12.1 Å². The molecule has 0 aliphatic heterocycles. The van der Waals surface area contributed by atoms with Crippen LogP contribution in [0.1, 0.15) is 15.9 Å². The molecule has 0 fully saturated rings. The van der Waals surface area contributed by atoms with Gasteiger partial charge >= 0.3 is 0 Å². The average molecular weight is 505 g/mol. The first-order chi connectivity index (χ1) is 10.8. The zero-order valence-electron chi connectivity index (χ0n) is 11.9. The molecule has 2 amide bonds. The van der Waals surface area contributed by atoms with Crippen molar-refractivity contribution in [3.05, 3.63) is 67.0 Å². The Hall–Kier alpha value is -1.18. The molecule has 0 radical (unpaired) electrons.